The van der Waals surface area contributed by atoms with Crippen LogP contribution < -0.4 is 9.88 Å². The lowest BCUT2D eigenvalue weighted by atomic mass is 9.84. The molecule has 0 spiro atoms. The van der Waals surface area contributed by atoms with Gasteiger partial charge in [0.1, 0.15) is 18.2 Å². The van der Waals surface area contributed by atoms with Gasteiger partial charge < -0.3 is 9.47 Å². The zero-order valence-corrected chi connectivity index (χ0v) is 15.1. The van der Waals surface area contributed by atoms with Crippen LogP contribution in [-0.2, 0) is 20.3 Å². The second kappa shape index (κ2) is 6.74. The highest BCUT2D eigenvalue weighted by Crippen LogP contribution is 2.42. The summed E-state index contributed by atoms with van der Waals surface area (Å²) in [6, 6.07) is 8.28. The number of rotatable bonds is 4. The van der Waals surface area contributed by atoms with Gasteiger partial charge in [-0.15, -0.1) is 0 Å². The molecule has 0 saturated heterocycles. The molecule has 0 aromatic heterocycles. The number of halogens is 4. The van der Waals surface area contributed by atoms with Gasteiger partial charge in [0.25, 0.3) is 5.90 Å². The molecule has 2 aromatic carbocycles. The van der Waals surface area contributed by atoms with Crippen molar-refractivity contribution in [3.63, 3.8) is 0 Å². The minimum absolute atomic E-state index is 0.100. The van der Waals surface area contributed by atoms with Crippen molar-refractivity contribution in [2.75, 3.05) is 13.7 Å². The molecular weight excluding hydrogens is 404 g/mol. The smallest absolute Gasteiger partial charge is 0.468 e. The molecule has 1 aliphatic rings. The van der Waals surface area contributed by atoms with E-state index < -0.39 is 40.1 Å². The number of sulfonamides is 1. The maximum atomic E-state index is 14.7. The molecule has 0 amide bonds. The van der Waals surface area contributed by atoms with Gasteiger partial charge in [-0.05, 0) is 29.8 Å². The number of hydrogen-bond acceptors (Lipinski definition) is 5. The third-order valence-electron chi connectivity index (χ3n) is 4.23. The zero-order chi connectivity index (χ0) is 20.7. The van der Waals surface area contributed by atoms with Gasteiger partial charge in [-0.1, -0.05) is 12.1 Å². The highest BCUT2D eigenvalue weighted by Gasteiger charge is 2.50. The Morgan fingerprint density at radius 3 is 2.29 bits per heavy atom. The fraction of sp³-hybridized carbons (Fsp3) is 0.235. The summed E-state index contributed by atoms with van der Waals surface area (Å²) in [5, 5.41) is 5.04. The maximum absolute atomic E-state index is 14.7. The first kappa shape index (κ1) is 20.1. The van der Waals surface area contributed by atoms with Crippen LogP contribution in [0.4, 0.5) is 17.6 Å². The highest BCUT2D eigenvalue weighted by atomic mass is 32.2. The predicted molar refractivity (Wildman–Crippen MR) is 91.0 cm³/mol. The molecule has 0 aliphatic carbocycles. The van der Waals surface area contributed by atoms with E-state index in [1.807, 2.05) is 0 Å². The highest BCUT2D eigenvalue weighted by molar-refractivity contribution is 7.89. The Bertz CT molecular complexity index is 1040. The number of aliphatic imine (C=N–C) groups is 1. The van der Waals surface area contributed by atoms with Gasteiger partial charge in [-0.2, -0.15) is 13.2 Å². The Hall–Kier alpha value is -2.66. The summed E-state index contributed by atoms with van der Waals surface area (Å²) in [5.74, 6) is -2.19. The Kier molecular flexibility index (Phi) is 4.84. The average Bonchev–Trinajstić information content (AvgIpc) is 3.07. The molecule has 1 aliphatic heterocycles. The van der Waals surface area contributed by atoms with Crippen LogP contribution >= 0.6 is 0 Å². The second-order valence-electron chi connectivity index (χ2n) is 5.98. The van der Waals surface area contributed by atoms with Crippen molar-refractivity contribution < 1.29 is 35.5 Å². The minimum atomic E-state index is -4.87. The Balaban J connectivity index is 2.21. The lowest BCUT2D eigenvalue weighted by Gasteiger charge is -2.26. The molecule has 0 bridgehead atoms. The van der Waals surface area contributed by atoms with Crippen molar-refractivity contribution in [2.45, 2.75) is 16.6 Å². The van der Waals surface area contributed by atoms with Gasteiger partial charge in [0.05, 0.1) is 12.0 Å². The Morgan fingerprint density at radius 2 is 1.82 bits per heavy atom. The third kappa shape index (κ3) is 3.54. The lowest BCUT2D eigenvalue weighted by molar-refractivity contribution is -0.0754. The molecule has 1 atom stereocenters. The number of ether oxygens (including phenoxy) is 2. The van der Waals surface area contributed by atoms with Crippen LogP contribution in [0.1, 0.15) is 11.1 Å². The van der Waals surface area contributed by atoms with E-state index in [9.17, 15) is 26.0 Å². The molecule has 0 saturated carbocycles. The molecular formula is C17H14F4N2O4S. The monoisotopic (exact) mass is 418 g/mol. The van der Waals surface area contributed by atoms with E-state index in [0.29, 0.717) is 0 Å². The third-order valence-corrected chi connectivity index (χ3v) is 5.16. The Labute approximate surface area is 157 Å². The van der Waals surface area contributed by atoms with E-state index in [4.69, 9.17) is 14.6 Å². The summed E-state index contributed by atoms with van der Waals surface area (Å²) in [4.78, 5) is 3.40. The van der Waals surface area contributed by atoms with Gasteiger partial charge in [0, 0.05) is 11.6 Å². The standard InChI is InChI=1S/C17H14F4N2O4S/c1-26-11-4-7-13(14(18)8-11)16(9-27-15(23-16)17(19,20)21)10-2-5-12(6-3-10)28(22,24)25/h2-8H,9H2,1H3,(H2,22,24,25). The largest absolute Gasteiger partial charge is 0.497 e. The van der Waals surface area contributed by atoms with Crippen LogP contribution in [0.5, 0.6) is 5.75 Å². The van der Waals surface area contributed by atoms with Crippen LogP contribution in [0.15, 0.2) is 52.4 Å². The van der Waals surface area contributed by atoms with Gasteiger partial charge >= 0.3 is 6.18 Å². The first-order valence-electron chi connectivity index (χ1n) is 7.74. The summed E-state index contributed by atoms with van der Waals surface area (Å²) in [6.07, 6.45) is -4.87. The van der Waals surface area contributed by atoms with Gasteiger partial charge in [0.2, 0.25) is 10.0 Å². The van der Waals surface area contributed by atoms with Gasteiger partial charge in [0.15, 0.2) is 5.54 Å². The maximum Gasteiger partial charge on any atom is 0.468 e. The first-order chi connectivity index (χ1) is 13.0. The summed E-state index contributed by atoms with van der Waals surface area (Å²) < 4.78 is 86.5. The van der Waals surface area contributed by atoms with E-state index >= 15 is 0 Å². The van der Waals surface area contributed by atoms with Crippen LogP contribution in [0.25, 0.3) is 0 Å². The van der Waals surface area contributed by atoms with Crippen molar-refractivity contribution in [1.29, 1.82) is 0 Å². The van der Waals surface area contributed by atoms with E-state index in [1.165, 1.54) is 31.4 Å². The molecule has 6 nitrogen and oxygen atoms in total. The van der Waals surface area contributed by atoms with E-state index in [1.54, 1.807) is 0 Å². The van der Waals surface area contributed by atoms with Crippen LogP contribution in [0.3, 0.4) is 0 Å². The molecule has 1 heterocycles. The molecule has 2 aromatic rings. The summed E-state index contributed by atoms with van der Waals surface area (Å²) in [6.45, 7) is -0.625. The first-order valence-corrected chi connectivity index (χ1v) is 9.29. The molecule has 2 N–H and O–H groups in total. The molecule has 0 fully saturated rings. The van der Waals surface area contributed by atoms with E-state index in [-0.39, 0.29) is 21.8 Å². The SMILES string of the molecule is COc1ccc(C2(c3ccc(S(N)(=O)=O)cc3)COC(C(F)(F)F)=N2)c(F)c1. The molecule has 11 heteroatoms. The fourth-order valence-electron chi connectivity index (χ4n) is 2.88. The lowest BCUT2D eigenvalue weighted by Crippen LogP contribution is -2.28. The van der Waals surface area contributed by atoms with Crippen LogP contribution in [0.2, 0.25) is 0 Å². The summed E-state index contributed by atoms with van der Waals surface area (Å²) in [5.41, 5.74) is -1.95. The van der Waals surface area contributed by atoms with Crippen molar-refractivity contribution >= 4 is 15.9 Å². The molecule has 1 unspecified atom stereocenters. The minimum Gasteiger partial charge on any atom is -0.497 e. The van der Waals surface area contributed by atoms with Gasteiger partial charge in [-0.25, -0.2) is 22.9 Å². The number of benzene rings is 2. The molecule has 28 heavy (non-hydrogen) atoms. The van der Waals surface area contributed by atoms with E-state index in [2.05, 4.69) is 4.99 Å². The van der Waals surface area contributed by atoms with Crippen LogP contribution in [-0.4, -0.2) is 34.2 Å². The molecule has 3 rings (SSSR count). The number of alkyl halides is 3. The normalized spacial score (nSPS) is 19.9. The number of hydrogen-bond donors (Lipinski definition) is 1. The van der Waals surface area contributed by atoms with Crippen molar-refractivity contribution in [1.82, 2.24) is 0 Å². The van der Waals surface area contributed by atoms with Crippen molar-refractivity contribution in [3.05, 3.63) is 59.4 Å². The topological polar surface area (TPSA) is 91.0 Å². The number of nitrogens with two attached hydrogens (primary N) is 1. The average molecular weight is 418 g/mol. The number of nitrogens with zero attached hydrogens (tertiary/aromatic N) is 1. The summed E-state index contributed by atoms with van der Waals surface area (Å²) >= 11 is 0. The zero-order valence-electron chi connectivity index (χ0n) is 14.3. The molecule has 0 radical (unpaired) electrons. The Morgan fingerprint density at radius 1 is 1.18 bits per heavy atom. The quantitative estimate of drug-likeness (QED) is 0.773. The second-order valence-corrected chi connectivity index (χ2v) is 7.54. The van der Waals surface area contributed by atoms with Crippen LogP contribution in [0, 0.1) is 5.82 Å². The van der Waals surface area contributed by atoms with Crippen molar-refractivity contribution in [3.8, 4) is 5.75 Å². The fourth-order valence-corrected chi connectivity index (χ4v) is 3.39. The molecule has 150 valence electrons. The van der Waals surface area contributed by atoms with Gasteiger partial charge in [-0.3, -0.25) is 0 Å². The van der Waals surface area contributed by atoms with E-state index in [0.717, 1.165) is 18.2 Å². The number of methoxy groups -OCH3 is 1. The number of primary sulfonamides is 1. The summed E-state index contributed by atoms with van der Waals surface area (Å²) in [7, 11) is -2.70. The van der Waals surface area contributed by atoms with Crippen molar-refractivity contribution in [2.24, 2.45) is 10.1 Å². The predicted octanol–water partition coefficient (Wildman–Crippen LogP) is 2.72.